The van der Waals surface area contributed by atoms with E-state index >= 15 is 0 Å². The number of hydrogen-bond donors (Lipinski definition) is 0. The van der Waals surface area contributed by atoms with Crippen molar-refractivity contribution in [1.82, 2.24) is 0 Å². The minimum atomic E-state index is -2.26. The van der Waals surface area contributed by atoms with Crippen LogP contribution in [0, 0.1) is 6.07 Å². The molecule has 1 aromatic carbocycles. The summed E-state index contributed by atoms with van der Waals surface area (Å²) in [5.41, 5.74) is 0.294. The summed E-state index contributed by atoms with van der Waals surface area (Å²) in [6, 6.07) is 8.90. The maximum atomic E-state index is 6.25. The molecular formula is C10H4Cl9. The van der Waals surface area contributed by atoms with E-state index in [1.54, 1.807) is 12.1 Å². The fourth-order valence-corrected chi connectivity index (χ4v) is 4.96. The van der Waals surface area contributed by atoms with Crippen molar-refractivity contribution < 1.29 is 0 Å². The molecule has 0 atom stereocenters. The molecule has 0 N–H and O–H groups in total. The third-order valence-corrected chi connectivity index (χ3v) is 6.62. The highest BCUT2D eigenvalue weighted by atomic mass is 35.6. The largest absolute Gasteiger partial charge is 0.216 e. The number of rotatable bonds is 2. The van der Waals surface area contributed by atoms with Crippen LogP contribution in [-0.4, -0.2) is 12.5 Å². The summed E-state index contributed by atoms with van der Waals surface area (Å²) in [5, 5.41) is 0. The van der Waals surface area contributed by atoms with Gasteiger partial charge in [-0.1, -0.05) is 117 Å². The van der Waals surface area contributed by atoms with E-state index in [2.05, 4.69) is 6.07 Å². The minimum absolute atomic E-state index is 0.294. The maximum absolute atomic E-state index is 6.25. The first-order valence-corrected chi connectivity index (χ1v) is 7.92. The molecule has 0 aliphatic rings. The van der Waals surface area contributed by atoms with Crippen LogP contribution >= 0.6 is 104 Å². The summed E-state index contributed by atoms with van der Waals surface area (Å²) in [4.78, 5) is -2.24. The molecule has 19 heavy (non-hydrogen) atoms. The Labute approximate surface area is 156 Å². The van der Waals surface area contributed by atoms with Gasteiger partial charge in [-0.3, -0.25) is 0 Å². The second kappa shape index (κ2) is 6.14. The van der Waals surface area contributed by atoms with E-state index in [1.807, 2.05) is 0 Å². The summed E-state index contributed by atoms with van der Waals surface area (Å²) in [6.45, 7) is 0. The van der Waals surface area contributed by atoms with Gasteiger partial charge in [0.05, 0.1) is 0 Å². The summed E-state index contributed by atoms with van der Waals surface area (Å²) in [5.74, 6) is 0. The molecule has 9 heteroatoms. The Hall–Kier alpha value is 1.83. The van der Waals surface area contributed by atoms with Gasteiger partial charge in [-0.15, -0.1) is 11.6 Å². The van der Waals surface area contributed by atoms with Gasteiger partial charge >= 0.3 is 0 Å². The lowest BCUT2D eigenvalue weighted by Crippen LogP contribution is -2.58. The lowest BCUT2D eigenvalue weighted by molar-refractivity contribution is 0.531. The second-order valence-electron chi connectivity index (χ2n) is 3.52. The predicted octanol–water partition coefficient (Wildman–Crippen LogP) is 6.84. The topological polar surface area (TPSA) is 0 Å². The third-order valence-electron chi connectivity index (χ3n) is 2.29. The number of benzene rings is 1. The van der Waals surface area contributed by atoms with E-state index in [-0.39, 0.29) is 0 Å². The normalized spacial score (nSPS) is 14.6. The lowest BCUT2D eigenvalue weighted by Gasteiger charge is -2.46. The molecule has 0 fully saturated rings. The zero-order valence-corrected chi connectivity index (χ0v) is 15.5. The van der Waals surface area contributed by atoms with E-state index in [1.165, 1.54) is 12.1 Å². The van der Waals surface area contributed by atoms with Crippen LogP contribution in [0.2, 0.25) is 0 Å². The highest BCUT2D eigenvalue weighted by Crippen LogP contribution is 2.66. The van der Waals surface area contributed by atoms with Gasteiger partial charge in [0.1, 0.15) is 0 Å². The molecule has 1 rings (SSSR count). The van der Waals surface area contributed by atoms with Crippen LogP contribution in [0.3, 0.4) is 0 Å². The molecule has 0 unspecified atom stereocenters. The monoisotopic (exact) mass is 439 g/mol. The summed E-state index contributed by atoms with van der Waals surface area (Å²) < 4.78 is -6.51. The van der Waals surface area contributed by atoms with Gasteiger partial charge in [0.25, 0.3) is 0 Å². The van der Waals surface area contributed by atoms with Crippen molar-refractivity contribution in [2.75, 3.05) is 0 Å². The standard InChI is InChI=1S/C10H4Cl9/c11-7(12,6-4-2-1-3-5-6)8(13,9(14,15)16)10(17,18)19/h2-5H. The predicted molar refractivity (Wildman–Crippen MR) is 87.8 cm³/mol. The molecule has 0 aliphatic carbocycles. The molecule has 0 spiro atoms. The average Bonchev–Trinajstić information content (AvgIpc) is 2.26. The fourth-order valence-electron chi connectivity index (χ4n) is 1.31. The Morgan fingerprint density at radius 2 is 1.05 bits per heavy atom. The summed E-state index contributed by atoms with van der Waals surface area (Å²) in [7, 11) is 0. The van der Waals surface area contributed by atoms with E-state index < -0.39 is 16.8 Å². The number of halogens is 9. The van der Waals surface area contributed by atoms with Gasteiger partial charge in [-0.25, -0.2) is 0 Å². The average molecular weight is 443 g/mol. The molecule has 1 aromatic rings. The van der Waals surface area contributed by atoms with E-state index in [0.717, 1.165) is 0 Å². The quantitative estimate of drug-likeness (QED) is 0.440. The van der Waals surface area contributed by atoms with Crippen molar-refractivity contribution in [3.05, 3.63) is 35.9 Å². The molecule has 0 aromatic heterocycles. The lowest BCUT2D eigenvalue weighted by atomic mass is 9.99. The van der Waals surface area contributed by atoms with Crippen molar-refractivity contribution in [2.45, 2.75) is 16.8 Å². The molecule has 0 bridgehead atoms. The van der Waals surface area contributed by atoms with E-state index in [4.69, 9.17) is 104 Å². The molecule has 0 aliphatic heterocycles. The number of alkyl halides is 9. The molecule has 0 amide bonds. The van der Waals surface area contributed by atoms with Crippen LogP contribution in [0.25, 0.3) is 0 Å². The Morgan fingerprint density at radius 1 is 0.684 bits per heavy atom. The SMILES string of the molecule is ClC(Cl)(Cl)C(Cl)(C(Cl)(Cl)Cl)C(Cl)(Cl)c1cc[c]cc1. The summed E-state index contributed by atoms with van der Waals surface area (Å²) >= 11 is 53.7. The van der Waals surface area contributed by atoms with Gasteiger partial charge in [0.2, 0.25) is 7.59 Å². The second-order valence-corrected chi connectivity index (χ2v) is 9.97. The maximum Gasteiger partial charge on any atom is 0.216 e. The minimum Gasteiger partial charge on any atom is -0.106 e. The Balaban J connectivity index is 3.51. The molecule has 0 saturated heterocycles. The van der Waals surface area contributed by atoms with Gasteiger partial charge < -0.3 is 0 Å². The Bertz CT molecular complexity index is 415. The van der Waals surface area contributed by atoms with Crippen molar-refractivity contribution in [1.29, 1.82) is 0 Å². The van der Waals surface area contributed by atoms with Gasteiger partial charge in [0.15, 0.2) is 9.21 Å². The van der Waals surface area contributed by atoms with Gasteiger partial charge in [0, 0.05) is 0 Å². The van der Waals surface area contributed by atoms with Crippen molar-refractivity contribution in [2.24, 2.45) is 0 Å². The zero-order chi connectivity index (χ0) is 15.1. The highest BCUT2D eigenvalue weighted by molar-refractivity contribution is 6.79. The first kappa shape index (κ1) is 18.9. The molecule has 1 radical (unpaired) electrons. The van der Waals surface area contributed by atoms with Crippen molar-refractivity contribution in [3.63, 3.8) is 0 Å². The zero-order valence-electron chi connectivity index (χ0n) is 8.71. The highest BCUT2D eigenvalue weighted by Gasteiger charge is 2.71. The van der Waals surface area contributed by atoms with Crippen molar-refractivity contribution in [3.8, 4) is 0 Å². The molecule has 0 saturated carbocycles. The van der Waals surface area contributed by atoms with E-state index in [9.17, 15) is 0 Å². The first-order valence-electron chi connectivity index (χ1n) is 4.52. The fraction of sp³-hybridized carbons (Fsp3) is 0.400. The van der Waals surface area contributed by atoms with Gasteiger partial charge in [-0.2, -0.15) is 0 Å². The van der Waals surface area contributed by atoms with Crippen molar-refractivity contribution >= 4 is 104 Å². The van der Waals surface area contributed by atoms with Gasteiger partial charge in [-0.05, 0) is 11.6 Å². The van der Waals surface area contributed by atoms with Crippen LogP contribution in [0.15, 0.2) is 24.3 Å². The molecular weight excluding hydrogens is 439 g/mol. The molecule has 107 valence electrons. The van der Waals surface area contributed by atoms with Crippen LogP contribution in [0.4, 0.5) is 0 Å². The molecule has 0 nitrogen and oxygen atoms in total. The number of hydrogen-bond acceptors (Lipinski definition) is 0. The summed E-state index contributed by atoms with van der Waals surface area (Å²) in [6.07, 6.45) is 0. The Morgan fingerprint density at radius 3 is 1.37 bits per heavy atom. The van der Waals surface area contributed by atoms with Crippen LogP contribution in [0.5, 0.6) is 0 Å². The van der Waals surface area contributed by atoms with Crippen LogP contribution < -0.4 is 0 Å². The molecule has 0 heterocycles. The van der Waals surface area contributed by atoms with Crippen LogP contribution in [0.1, 0.15) is 5.56 Å². The smallest absolute Gasteiger partial charge is 0.106 e. The third kappa shape index (κ3) is 3.44. The first-order chi connectivity index (χ1) is 8.36. The van der Waals surface area contributed by atoms with Crippen LogP contribution in [-0.2, 0) is 4.33 Å². The van der Waals surface area contributed by atoms with E-state index in [0.29, 0.717) is 5.56 Å². The Kier molecular flexibility index (Phi) is 6.10.